The molecule has 1 aliphatic rings. The molecular formula is C20H19ClN2O8S. The Labute approximate surface area is 188 Å². The molecule has 0 saturated carbocycles. The number of methoxy groups -OCH3 is 1. The zero-order valence-corrected chi connectivity index (χ0v) is 18.3. The fraction of sp³-hybridized carbons (Fsp3) is 0.250. The van der Waals surface area contributed by atoms with Gasteiger partial charge in [0.25, 0.3) is 10.0 Å². The van der Waals surface area contributed by atoms with Crippen LogP contribution in [0.5, 0.6) is 11.5 Å². The van der Waals surface area contributed by atoms with Gasteiger partial charge in [0.05, 0.1) is 17.9 Å². The number of carbonyl (C=O) groups excluding carboxylic acids is 2. The first-order valence-electron chi connectivity index (χ1n) is 9.26. The number of aromatic carboxylic acids is 1. The molecule has 2 aromatic carbocycles. The van der Waals surface area contributed by atoms with Gasteiger partial charge in [0, 0.05) is 17.6 Å². The fourth-order valence-electron chi connectivity index (χ4n) is 3.31. The maximum atomic E-state index is 13.2. The Hall–Kier alpha value is -3.31. The SMILES string of the molecule is COc1ccc(Cl)cc1CC1CNC(=O)CN(S(=O)(=O)c2ccc(C(=O)O)c(O)c2)C1=O. The minimum Gasteiger partial charge on any atom is -0.507 e. The van der Waals surface area contributed by atoms with E-state index in [1.54, 1.807) is 18.2 Å². The Bertz CT molecular complexity index is 1200. The number of aromatic hydroxyl groups is 1. The summed E-state index contributed by atoms with van der Waals surface area (Å²) in [5.41, 5.74) is 0.0464. The van der Waals surface area contributed by atoms with Crippen molar-refractivity contribution in [3.8, 4) is 11.5 Å². The van der Waals surface area contributed by atoms with Crippen LogP contribution in [0.25, 0.3) is 0 Å². The van der Waals surface area contributed by atoms with Crippen LogP contribution in [0.2, 0.25) is 5.02 Å². The standard InChI is InChI=1S/C20H19ClN2O8S/c1-31-17-5-2-13(21)7-11(17)6-12-9-22-18(25)10-23(19(12)26)32(29,30)14-3-4-15(20(27)28)16(24)8-14/h2-5,7-8,12,24H,6,9-10H2,1H3,(H,22,25)(H,27,28). The summed E-state index contributed by atoms with van der Waals surface area (Å²) in [7, 11) is -3.13. The molecule has 1 atom stereocenters. The first-order chi connectivity index (χ1) is 15.0. The predicted octanol–water partition coefficient (Wildman–Crippen LogP) is 1.26. The largest absolute Gasteiger partial charge is 0.507 e. The number of rotatable bonds is 6. The smallest absolute Gasteiger partial charge is 0.339 e. The Balaban J connectivity index is 1.98. The lowest BCUT2D eigenvalue weighted by Crippen LogP contribution is -2.42. The average Bonchev–Trinajstić information content (AvgIpc) is 2.87. The number of carbonyl (C=O) groups is 3. The Morgan fingerprint density at radius 2 is 1.97 bits per heavy atom. The summed E-state index contributed by atoms with van der Waals surface area (Å²) in [6, 6.07) is 7.37. The molecule has 1 heterocycles. The molecule has 1 saturated heterocycles. The molecule has 170 valence electrons. The number of phenols is 1. The minimum atomic E-state index is -4.57. The number of nitrogens with zero attached hydrogens (tertiary/aromatic N) is 1. The van der Waals surface area contributed by atoms with Gasteiger partial charge in [-0.3, -0.25) is 9.59 Å². The average molecular weight is 483 g/mol. The highest BCUT2D eigenvalue weighted by atomic mass is 35.5. The van der Waals surface area contributed by atoms with Crippen LogP contribution >= 0.6 is 11.6 Å². The normalized spacial score (nSPS) is 16.9. The number of benzene rings is 2. The van der Waals surface area contributed by atoms with E-state index < -0.39 is 56.5 Å². The zero-order chi connectivity index (χ0) is 23.6. The molecule has 1 aliphatic heterocycles. The van der Waals surface area contributed by atoms with Crippen LogP contribution in [0.3, 0.4) is 0 Å². The van der Waals surface area contributed by atoms with Crippen molar-refractivity contribution in [2.75, 3.05) is 20.2 Å². The van der Waals surface area contributed by atoms with Crippen molar-refractivity contribution in [3.63, 3.8) is 0 Å². The second-order valence-electron chi connectivity index (χ2n) is 7.00. The van der Waals surface area contributed by atoms with Crippen LogP contribution in [-0.2, 0) is 26.0 Å². The van der Waals surface area contributed by atoms with Gasteiger partial charge in [0.1, 0.15) is 23.6 Å². The second-order valence-corrected chi connectivity index (χ2v) is 9.29. The predicted molar refractivity (Wildman–Crippen MR) is 112 cm³/mol. The number of hydrogen-bond acceptors (Lipinski definition) is 7. The van der Waals surface area contributed by atoms with Crippen molar-refractivity contribution in [2.45, 2.75) is 11.3 Å². The zero-order valence-electron chi connectivity index (χ0n) is 16.7. The van der Waals surface area contributed by atoms with Crippen molar-refractivity contribution < 1.29 is 37.8 Å². The molecule has 3 N–H and O–H groups in total. The van der Waals surface area contributed by atoms with E-state index >= 15 is 0 Å². The Kier molecular flexibility index (Phi) is 6.60. The minimum absolute atomic E-state index is 0.0398. The van der Waals surface area contributed by atoms with Gasteiger partial charge in [-0.05, 0) is 42.3 Å². The molecule has 0 radical (unpaired) electrons. The maximum absolute atomic E-state index is 13.2. The lowest BCUT2D eigenvalue weighted by molar-refractivity contribution is -0.131. The molecule has 0 spiro atoms. The van der Waals surface area contributed by atoms with E-state index in [0.717, 1.165) is 18.2 Å². The molecule has 0 bridgehead atoms. The highest BCUT2D eigenvalue weighted by molar-refractivity contribution is 7.89. The molecule has 0 aliphatic carbocycles. The first kappa shape index (κ1) is 23.4. The van der Waals surface area contributed by atoms with Crippen LogP contribution in [0.1, 0.15) is 15.9 Å². The lowest BCUT2D eigenvalue weighted by atomic mass is 9.98. The van der Waals surface area contributed by atoms with Gasteiger partial charge in [-0.2, -0.15) is 0 Å². The molecule has 0 aromatic heterocycles. The number of carboxylic acid groups (broad SMARTS) is 1. The highest BCUT2D eigenvalue weighted by Gasteiger charge is 2.38. The van der Waals surface area contributed by atoms with Crippen molar-refractivity contribution in [1.29, 1.82) is 0 Å². The van der Waals surface area contributed by atoms with Gasteiger partial charge in [0.2, 0.25) is 11.8 Å². The van der Waals surface area contributed by atoms with E-state index in [0.29, 0.717) is 20.6 Å². The third kappa shape index (κ3) is 4.63. The van der Waals surface area contributed by atoms with E-state index in [-0.39, 0.29) is 13.0 Å². The number of sulfonamides is 1. The first-order valence-corrected chi connectivity index (χ1v) is 11.1. The third-order valence-corrected chi connectivity index (χ3v) is 6.90. The van der Waals surface area contributed by atoms with Gasteiger partial charge < -0.3 is 20.3 Å². The van der Waals surface area contributed by atoms with Crippen molar-refractivity contribution in [1.82, 2.24) is 9.62 Å². The van der Waals surface area contributed by atoms with Crippen molar-refractivity contribution >= 4 is 39.4 Å². The Morgan fingerprint density at radius 3 is 2.59 bits per heavy atom. The van der Waals surface area contributed by atoms with Crippen molar-refractivity contribution in [2.24, 2.45) is 5.92 Å². The fourth-order valence-corrected chi connectivity index (χ4v) is 4.93. The van der Waals surface area contributed by atoms with E-state index in [4.69, 9.17) is 21.4 Å². The number of amides is 2. The van der Waals surface area contributed by atoms with Crippen LogP contribution in [0, 0.1) is 5.92 Å². The number of carboxylic acids is 1. The molecular weight excluding hydrogens is 464 g/mol. The lowest BCUT2D eigenvalue weighted by Gasteiger charge is -2.23. The molecule has 12 heteroatoms. The number of ether oxygens (including phenoxy) is 1. The van der Waals surface area contributed by atoms with Crippen LogP contribution in [0.15, 0.2) is 41.3 Å². The van der Waals surface area contributed by atoms with E-state index in [2.05, 4.69) is 5.32 Å². The van der Waals surface area contributed by atoms with E-state index in [1.165, 1.54) is 7.11 Å². The van der Waals surface area contributed by atoms with Crippen LogP contribution in [-0.4, -0.2) is 60.9 Å². The molecule has 2 aromatic rings. The summed E-state index contributed by atoms with van der Waals surface area (Å²) in [5.74, 6) is -4.27. The highest BCUT2D eigenvalue weighted by Crippen LogP contribution is 2.29. The topological polar surface area (TPSA) is 150 Å². The molecule has 1 unspecified atom stereocenters. The Morgan fingerprint density at radius 1 is 1.25 bits per heavy atom. The summed E-state index contributed by atoms with van der Waals surface area (Å²) in [6.45, 7) is -0.867. The van der Waals surface area contributed by atoms with E-state index in [9.17, 15) is 27.9 Å². The van der Waals surface area contributed by atoms with Gasteiger partial charge in [-0.15, -0.1) is 0 Å². The van der Waals surface area contributed by atoms with Gasteiger partial charge in [-0.25, -0.2) is 17.5 Å². The molecule has 3 rings (SSSR count). The third-order valence-electron chi connectivity index (χ3n) is 4.92. The van der Waals surface area contributed by atoms with Crippen LogP contribution in [0.4, 0.5) is 0 Å². The summed E-state index contributed by atoms with van der Waals surface area (Å²) in [4.78, 5) is 35.9. The quantitative estimate of drug-likeness (QED) is 0.556. The summed E-state index contributed by atoms with van der Waals surface area (Å²) < 4.78 is 31.9. The van der Waals surface area contributed by atoms with Crippen molar-refractivity contribution in [3.05, 3.63) is 52.5 Å². The summed E-state index contributed by atoms with van der Waals surface area (Å²) in [6.07, 6.45) is 0.0398. The second kappa shape index (κ2) is 9.05. The number of halogens is 1. The number of nitrogens with one attached hydrogen (secondary N) is 1. The molecule has 32 heavy (non-hydrogen) atoms. The summed E-state index contributed by atoms with van der Waals surface area (Å²) in [5, 5.41) is 21.8. The monoisotopic (exact) mass is 482 g/mol. The summed E-state index contributed by atoms with van der Waals surface area (Å²) >= 11 is 6.03. The molecule has 10 nitrogen and oxygen atoms in total. The van der Waals surface area contributed by atoms with Gasteiger partial charge in [0.15, 0.2) is 0 Å². The van der Waals surface area contributed by atoms with E-state index in [1.807, 2.05) is 0 Å². The molecule has 1 fully saturated rings. The van der Waals surface area contributed by atoms with Crippen LogP contribution < -0.4 is 10.1 Å². The maximum Gasteiger partial charge on any atom is 0.339 e. The molecule has 2 amide bonds. The number of hydrogen-bond donors (Lipinski definition) is 3. The van der Waals surface area contributed by atoms with Gasteiger partial charge >= 0.3 is 5.97 Å². The van der Waals surface area contributed by atoms with Gasteiger partial charge in [-0.1, -0.05) is 11.6 Å².